The molecule has 1 rings (SSSR count). The Hall–Kier alpha value is -1.25. The minimum Gasteiger partial charge on any atom is -0.481 e. The van der Waals surface area contributed by atoms with Crippen LogP contribution in [0.1, 0.15) is 62.0 Å². The second-order valence-electron chi connectivity index (χ2n) is 4.98. The first-order valence-corrected chi connectivity index (χ1v) is 6.87. The highest BCUT2D eigenvalue weighted by Gasteiger charge is 2.04. The summed E-state index contributed by atoms with van der Waals surface area (Å²) in [4.78, 5) is 10.3. The third kappa shape index (κ3) is 5.89. The van der Waals surface area contributed by atoms with Gasteiger partial charge in [-0.3, -0.25) is 4.79 Å². The molecule has 0 aliphatic carbocycles. The summed E-state index contributed by atoms with van der Waals surface area (Å²) in [5.74, 6) is 1.44. The lowest BCUT2D eigenvalue weighted by atomic mass is 10.1. The number of furan rings is 1. The highest BCUT2D eigenvalue weighted by molar-refractivity contribution is 5.66. The predicted octanol–water partition coefficient (Wildman–Crippen LogP) is 4.25. The van der Waals surface area contributed by atoms with Crippen molar-refractivity contribution in [1.29, 1.82) is 0 Å². The number of unbranched alkanes of at least 4 members (excludes halogenated alkanes) is 5. The summed E-state index contributed by atoms with van der Waals surface area (Å²) in [7, 11) is 0. The van der Waals surface area contributed by atoms with Gasteiger partial charge in [0.25, 0.3) is 0 Å². The molecule has 0 aliphatic heterocycles. The fourth-order valence-corrected chi connectivity index (χ4v) is 2.21. The topological polar surface area (TPSA) is 50.4 Å². The number of hydrogen-bond donors (Lipinski definition) is 1. The molecule has 102 valence electrons. The maximum atomic E-state index is 10.3. The van der Waals surface area contributed by atoms with Gasteiger partial charge in [-0.05, 0) is 38.3 Å². The van der Waals surface area contributed by atoms with Crippen molar-refractivity contribution in [2.45, 2.75) is 65.2 Å². The van der Waals surface area contributed by atoms with Gasteiger partial charge in [-0.1, -0.05) is 25.7 Å². The summed E-state index contributed by atoms with van der Waals surface area (Å²) in [6, 6.07) is 2.08. The molecular formula is C15H24O3. The summed E-state index contributed by atoms with van der Waals surface area (Å²) in [6.45, 7) is 4.08. The summed E-state index contributed by atoms with van der Waals surface area (Å²) < 4.78 is 5.62. The van der Waals surface area contributed by atoms with Crippen molar-refractivity contribution < 1.29 is 14.3 Å². The smallest absolute Gasteiger partial charge is 0.303 e. The van der Waals surface area contributed by atoms with Gasteiger partial charge < -0.3 is 9.52 Å². The summed E-state index contributed by atoms with van der Waals surface area (Å²) in [6.07, 6.45) is 7.87. The Morgan fingerprint density at radius 1 is 1.11 bits per heavy atom. The number of aliphatic carboxylic acids is 1. The van der Waals surface area contributed by atoms with Crippen molar-refractivity contribution >= 4 is 5.97 Å². The zero-order valence-electron chi connectivity index (χ0n) is 11.5. The zero-order chi connectivity index (χ0) is 13.4. The number of carboxylic acid groups (broad SMARTS) is 1. The Bertz CT molecular complexity index is 366. The summed E-state index contributed by atoms with van der Waals surface area (Å²) >= 11 is 0. The maximum absolute atomic E-state index is 10.3. The van der Waals surface area contributed by atoms with Crippen LogP contribution in [-0.2, 0) is 11.2 Å². The first-order valence-electron chi connectivity index (χ1n) is 6.87. The molecule has 1 aromatic rings. The van der Waals surface area contributed by atoms with Crippen molar-refractivity contribution in [3.05, 3.63) is 23.2 Å². The number of carbonyl (C=O) groups is 1. The van der Waals surface area contributed by atoms with Gasteiger partial charge in [0.2, 0.25) is 0 Å². The van der Waals surface area contributed by atoms with Crippen LogP contribution in [-0.4, -0.2) is 11.1 Å². The Labute approximate surface area is 109 Å². The van der Waals surface area contributed by atoms with Gasteiger partial charge >= 0.3 is 5.97 Å². The van der Waals surface area contributed by atoms with Crippen LogP contribution in [0.2, 0.25) is 0 Å². The van der Waals surface area contributed by atoms with Crippen LogP contribution >= 0.6 is 0 Å². The molecule has 0 aliphatic rings. The monoisotopic (exact) mass is 252 g/mol. The number of aryl methyl sites for hydroxylation is 3. The summed E-state index contributed by atoms with van der Waals surface area (Å²) in [5, 5.41) is 8.50. The summed E-state index contributed by atoms with van der Waals surface area (Å²) in [5.41, 5.74) is 1.26. The van der Waals surface area contributed by atoms with Gasteiger partial charge in [-0.15, -0.1) is 0 Å². The van der Waals surface area contributed by atoms with E-state index in [9.17, 15) is 4.79 Å². The maximum Gasteiger partial charge on any atom is 0.303 e. The van der Waals surface area contributed by atoms with Crippen LogP contribution in [0.5, 0.6) is 0 Å². The molecule has 0 radical (unpaired) electrons. The molecule has 0 saturated carbocycles. The molecule has 0 saturated heterocycles. The van der Waals surface area contributed by atoms with Crippen molar-refractivity contribution in [2.24, 2.45) is 0 Å². The third-order valence-corrected chi connectivity index (χ3v) is 3.19. The van der Waals surface area contributed by atoms with Crippen LogP contribution in [0, 0.1) is 13.8 Å². The highest BCUT2D eigenvalue weighted by atomic mass is 16.4. The fourth-order valence-electron chi connectivity index (χ4n) is 2.21. The van der Waals surface area contributed by atoms with Crippen LogP contribution in [0.3, 0.4) is 0 Å². The molecule has 18 heavy (non-hydrogen) atoms. The second-order valence-corrected chi connectivity index (χ2v) is 4.98. The van der Waals surface area contributed by atoms with Crippen LogP contribution in [0.15, 0.2) is 10.5 Å². The average molecular weight is 252 g/mol. The van der Waals surface area contributed by atoms with E-state index in [4.69, 9.17) is 9.52 Å². The largest absolute Gasteiger partial charge is 0.481 e. The molecule has 0 bridgehead atoms. The molecule has 0 spiro atoms. The van der Waals surface area contributed by atoms with E-state index in [1.54, 1.807) is 0 Å². The fraction of sp³-hybridized carbons (Fsp3) is 0.667. The lowest BCUT2D eigenvalue weighted by molar-refractivity contribution is -0.137. The Kier molecular flexibility index (Phi) is 6.55. The standard InChI is InChI=1S/C15H24O3/c1-12-11-13(2)18-14(12)9-7-5-3-4-6-8-10-15(16)17/h11H,3-10H2,1-2H3,(H,16,17). The number of carboxylic acids is 1. The molecule has 3 nitrogen and oxygen atoms in total. The molecule has 0 atom stereocenters. The lowest BCUT2D eigenvalue weighted by Gasteiger charge is -2.01. The first kappa shape index (κ1) is 14.8. The Balaban J connectivity index is 1.99. The van der Waals surface area contributed by atoms with Gasteiger partial charge in [0, 0.05) is 12.8 Å². The second kappa shape index (κ2) is 7.96. The van der Waals surface area contributed by atoms with Crippen molar-refractivity contribution in [3.8, 4) is 0 Å². The van der Waals surface area contributed by atoms with Gasteiger partial charge in [0.1, 0.15) is 11.5 Å². The van der Waals surface area contributed by atoms with Gasteiger partial charge in [0.05, 0.1) is 0 Å². The van der Waals surface area contributed by atoms with Crippen LogP contribution in [0.4, 0.5) is 0 Å². The normalized spacial score (nSPS) is 10.8. The molecule has 0 fully saturated rings. The molecule has 1 aromatic heterocycles. The van der Waals surface area contributed by atoms with Crippen LogP contribution < -0.4 is 0 Å². The quantitative estimate of drug-likeness (QED) is 0.668. The van der Waals surface area contributed by atoms with Crippen LogP contribution in [0.25, 0.3) is 0 Å². The SMILES string of the molecule is Cc1cc(C)c(CCCCCCCCC(=O)O)o1. The van der Waals surface area contributed by atoms with E-state index in [2.05, 4.69) is 13.0 Å². The van der Waals surface area contributed by atoms with Gasteiger partial charge in [-0.25, -0.2) is 0 Å². The number of hydrogen-bond acceptors (Lipinski definition) is 2. The van der Waals surface area contributed by atoms with E-state index in [1.165, 1.54) is 18.4 Å². The highest BCUT2D eigenvalue weighted by Crippen LogP contribution is 2.17. The molecule has 1 heterocycles. The third-order valence-electron chi connectivity index (χ3n) is 3.19. The predicted molar refractivity (Wildman–Crippen MR) is 71.8 cm³/mol. The van der Waals surface area contributed by atoms with E-state index < -0.39 is 5.97 Å². The molecule has 0 aromatic carbocycles. The van der Waals surface area contributed by atoms with E-state index in [0.717, 1.165) is 43.6 Å². The zero-order valence-corrected chi connectivity index (χ0v) is 11.5. The lowest BCUT2D eigenvalue weighted by Crippen LogP contribution is -1.93. The van der Waals surface area contributed by atoms with Gasteiger partial charge in [-0.2, -0.15) is 0 Å². The van der Waals surface area contributed by atoms with E-state index >= 15 is 0 Å². The number of rotatable bonds is 9. The first-order chi connectivity index (χ1) is 8.59. The van der Waals surface area contributed by atoms with Crippen molar-refractivity contribution in [1.82, 2.24) is 0 Å². The average Bonchev–Trinajstić information content (AvgIpc) is 2.61. The van der Waals surface area contributed by atoms with E-state index in [-0.39, 0.29) is 0 Å². The Morgan fingerprint density at radius 3 is 2.28 bits per heavy atom. The molecule has 0 amide bonds. The molecule has 1 N–H and O–H groups in total. The molecule has 0 unspecified atom stereocenters. The van der Waals surface area contributed by atoms with Gasteiger partial charge in [0.15, 0.2) is 0 Å². The van der Waals surface area contributed by atoms with E-state index in [0.29, 0.717) is 6.42 Å². The Morgan fingerprint density at radius 2 is 1.72 bits per heavy atom. The molecule has 3 heteroatoms. The van der Waals surface area contributed by atoms with E-state index in [1.807, 2.05) is 6.92 Å². The molecular weight excluding hydrogens is 228 g/mol. The van der Waals surface area contributed by atoms with Crippen molar-refractivity contribution in [3.63, 3.8) is 0 Å². The van der Waals surface area contributed by atoms with Crippen molar-refractivity contribution in [2.75, 3.05) is 0 Å². The minimum absolute atomic E-state index is 0.310. The minimum atomic E-state index is -0.682.